The molecule has 1 N–H and O–H groups in total. The summed E-state index contributed by atoms with van der Waals surface area (Å²) in [6.07, 6.45) is 2.13. The van der Waals surface area contributed by atoms with Gasteiger partial charge in [-0.25, -0.2) is 9.78 Å². The molecule has 0 atom stereocenters. The zero-order valence-corrected chi connectivity index (χ0v) is 10.9. The Balaban J connectivity index is 2.16. The number of aromatic carboxylic acids is 1. The first kappa shape index (κ1) is 12.6. The number of aromatic nitrogens is 1. The van der Waals surface area contributed by atoms with Crippen molar-refractivity contribution in [3.05, 3.63) is 33.7 Å². The lowest BCUT2D eigenvalue weighted by Crippen LogP contribution is -2.01. The summed E-state index contributed by atoms with van der Waals surface area (Å²) < 4.78 is 10.6. The molecule has 0 fully saturated rings. The summed E-state index contributed by atoms with van der Waals surface area (Å²) in [4.78, 5) is 16.3. The summed E-state index contributed by atoms with van der Waals surface area (Å²) >= 11 is 1.24. The van der Waals surface area contributed by atoms with Crippen molar-refractivity contribution in [3.63, 3.8) is 0 Å². The molecule has 6 heteroatoms. The number of carboxylic acid groups (broad SMARTS) is 1. The van der Waals surface area contributed by atoms with Crippen molar-refractivity contribution in [2.24, 2.45) is 0 Å². The van der Waals surface area contributed by atoms with Crippen LogP contribution in [0.1, 0.15) is 32.9 Å². The fraction of sp³-hybridized carbons (Fsp3) is 0.333. The van der Waals surface area contributed by atoms with Crippen LogP contribution in [-0.4, -0.2) is 16.1 Å². The maximum atomic E-state index is 11.1. The lowest BCUT2D eigenvalue weighted by molar-refractivity contribution is 0.0697. The molecule has 0 aliphatic heterocycles. The Morgan fingerprint density at radius 2 is 2.39 bits per heavy atom. The third-order valence-electron chi connectivity index (χ3n) is 2.50. The van der Waals surface area contributed by atoms with E-state index < -0.39 is 5.97 Å². The third-order valence-corrected chi connectivity index (χ3v) is 3.75. The lowest BCUT2D eigenvalue weighted by atomic mass is 10.3. The molecule has 2 aromatic rings. The van der Waals surface area contributed by atoms with E-state index >= 15 is 0 Å². The number of nitrogens with zero attached hydrogens (tertiary/aromatic N) is 1. The minimum Gasteiger partial charge on any atom is -0.485 e. The number of oxazole rings is 1. The number of rotatable bonds is 5. The fourth-order valence-electron chi connectivity index (χ4n) is 1.47. The van der Waals surface area contributed by atoms with E-state index in [2.05, 4.69) is 4.98 Å². The van der Waals surface area contributed by atoms with E-state index in [1.54, 1.807) is 13.0 Å². The average Bonchev–Trinajstić information content (AvgIpc) is 2.92. The Bertz CT molecular complexity index is 558. The van der Waals surface area contributed by atoms with Gasteiger partial charge in [0.25, 0.3) is 0 Å². The number of hydrogen-bond acceptors (Lipinski definition) is 5. The van der Waals surface area contributed by atoms with Gasteiger partial charge in [0.15, 0.2) is 11.3 Å². The van der Waals surface area contributed by atoms with Crippen molar-refractivity contribution in [3.8, 4) is 5.75 Å². The number of ether oxygens (including phenoxy) is 1. The van der Waals surface area contributed by atoms with Gasteiger partial charge in [-0.15, -0.1) is 11.3 Å². The van der Waals surface area contributed by atoms with Gasteiger partial charge in [0.2, 0.25) is 0 Å². The highest BCUT2D eigenvalue weighted by molar-refractivity contribution is 7.14. The number of hydrogen-bond donors (Lipinski definition) is 1. The summed E-state index contributed by atoms with van der Waals surface area (Å²) in [5, 5.41) is 9.08. The van der Waals surface area contributed by atoms with Crippen molar-refractivity contribution in [1.29, 1.82) is 0 Å². The Morgan fingerprint density at radius 1 is 1.61 bits per heavy atom. The van der Waals surface area contributed by atoms with Gasteiger partial charge >= 0.3 is 5.97 Å². The average molecular weight is 267 g/mol. The van der Waals surface area contributed by atoms with E-state index in [0.717, 1.165) is 11.3 Å². The first-order valence-corrected chi connectivity index (χ1v) is 6.31. The van der Waals surface area contributed by atoms with Gasteiger partial charge in [-0.05, 0) is 19.4 Å². The molecular weight excluding hydrogens is 254 g/mol. The van der Waals surface area contributed by atoms with Gasteiger partial charge in [0.05, 0.1) is 0 Å². The van der Waals surface area contributed by atoms with E-state index in [-0.39, 0.29) is 11.5 Å². The fourth-order valence-corrected chi connectivity index (χ4v) is 2.34. The van der Waals surface area contributed by atoms with Crippen LogP contribution in [0.15, 0.2) is 16.9 Å². The van der Waals surface area contributed by atoms with Crippen LogP contribution < -0.4 is 4.74 Å². The zero-order chi connectivity index (χ0) is 13.1. The van der Waals surface area contributed by atoms with Gasteiger partial charge in [-0.1, -0.05) is 6.92 Å². The molecule has 2 rings (SSSR count). The van der Waals surface area contributed by atoms with Crippen LogP contribution in [0.5, 0.6) is 5.75 Å². The van der Waals surface area contributed by atoms with Gasteiger partial charge < -0.3 is 14.3 Å². The van der Waals surface area contributed by atoms with Crippen LogP contribution in [0.3, 0.4) is 0 Å². The molecule has 18 heavy (non-hydrogen) atoms. The van der Waals surface area contributed by atoms with Gasteiger partial charge in [0, 0.05) is 4.88 Å². The highest BCUT2D eigenvalue weighted by Crippen LogP contribution is 2.30. The summed E-state index contributed by atoms with van der Waals surface area (Å²) in [7, 11) is 0. The minimum absolute atomic E-state index is 0.211. The van der Waals surface area contributed by atoms with E-state index in [0.29, 0.717) is 17.2 Å². The molecule has 5 nitrogen and oxygen atoms in total. The molecule has 0 bridgehead atoms. The van der Waals surface area contributed by atoms with Gasteiger partial charge in [-0.3, -0.25) is 0 Å². The summed E-state index contributed by atoms with van der Waals surface area (Å²) in [5.74, 6) is 0.108. The topological polar surface area (TPSA) is 72.6 Å². The highest BCUT2D eigenvalue weighted by Gasteiger charge is 2.17. The Hall–Kier alpha value is -1.82. The van der Waals surface area contributed by atoms with E-state index in [9.17, 15) is 4.79 Å². The summed E-state index contributed by atoms with van der Waals surface area (Å²) in [5.41, 5.74) is 0.676. The van der Waals surface area contributed by atoms with Crippen molar-refractivity contribution in [1.82, 2.24) is 4.98 Å². The number of thiophene rings is 1. The molecule has 0 amide bonds. The van der Waals surface area contributed by atoms with Crippen LogP contribution in [0.2, 0.25) is 0 Å². The second-order valence-corrected chi connectivity index (χ2v) is 4.85. The van der Waals surface area contributed by atoms with E-state index in [1.807, 2.05) is 6.92 Å². The van der Waals surface area contributed by atoms with E-state index in [1.165, 1.54) is 17.7 Å². The van der Waals surface area contributed by atoms with Crippen LogP contribution in [0, 0.1) is 6.92 Å². The quantitative estimate of drug-likeness (QED) is 0.901. The van der Waals surface area contributed by atoms with Crippen molar-refractivity contribution < 1.29 is 19.1 Å². The maximum Gasteiger partial charge on any atom is 0.349 e. The summed E-state index contributed by atoms with van der Waals surface area (Å²) in [6.45, 7) is 3.97. The first-order valence-electron chi connectivity index (χ1n) is 5.49. The van der Waals surface area contributed by atoms with Crippen molar-refractivity contribution in [2.75, 3.05) is 0 Å². The van der Waals surface area contributed by atoms with Crippen LogP contribution >= 0.6 is 11.3 Å². The molecule has 0 unspecified atom stereocenters. The molecule has 0 aromatic carbocycles. The standard InChI is InChI=1S/C12H13NO4S/c1-3-8-4-10(11(18-8)12(14)15)16-5-9-7(2)17-6-13-9/h4,6H,3,5H2,1-2H3,(H,14,15). The Morgan fingerprint density at radius 3 is 2.94 bits per heavy atom. The molecule has 0 saturated heterocycles. The molecule has 0 aliphatic carbocycles. The van der Waals surface area contributed by atoms with Gasteiger partial charge in [0.1, 0.15) is 23.8 Å². The zero-order valence-electron chi connectivity index (χ0n) is 10.1. The summed E-state index contributed by atoms with van der Waals surface area (Å²) in [6, 6.07) is 1.77. The predicted octanol–water partition coefficient (Wildman–Crippen LogP) is 2.88. The minimum atomic E-state index is -0.966. The smallest absolute Gasteiger partial charge is 0.349 e. The highest BCUT2D eigenvalue weighted by atomic mass is 32.1. The van der Waals surface area contributed by atoms with Crippen LogP contribution in [0.25, 0.3) is 0 Å². The molecule has 0 spiro atoms. The van der Waals surface area contributed by atoms with Crippen molar-refractivity contribution >= 4 is 17.3 Å². The number of carbonyl (C=O) groups is 1. The predicted molar refractivity (Wildman–Crippen MR) is 66.2 cm³/mol. The van der Waals surface area contributed by atoms with E-state index in [4.69, 9.17) is 14.3 Å². The van der Waals surface area contributed by atoms with Crippen LogP contribution in [0.4, 0.5) is 0 Å². The molecule has 0 saturated carbocycles. The molecule has 2 aromatic heterocycles. The first-order chi connectivity index (χ1) is 8.61. The SMILES string of the molecule is CCc1cc(OCc2ncoc2C)c(C(=O)O)s1. The largest absolute Gasteiger partial charge is 0.485 e. The lowest BCUT2D eigenvalue weighted by Gasteiger charge is -2.03. The second kappa shape index (κ2) is 5.22. The number of aryl methyl sites for hydroxylation is 2. The Kier molecular flexibility index (Phi) is 3.66. The molecule has 0 radical (unpaired) electrons. The maximum absolute atomic E-state index is 11.1. The third kappa shape index (κ3) is 2.53. The number of carboxylic acids is 1. The normalized spacial score (nSPS) is 10.6. The molecule has 96 valence electrons. The van der Waals surface area contributed by atoms with Crippen molar-refractivity contribution in [2.45, 2.75) is 26.9 Å². The second-order valence-electron chi connectivity index (χ2n) is 3.71. The van der Waals surface area contributed by atoms with Crippen LogP contribution in [-0.2, 0) is 13.0 Å². The monoisotopic (exact) mass is 267 g/mol. The van der Waals surface area contributed by atoms with Gasteiger partial charge in [-0.2, -0.15) is 0 Å². The Labute approximate surface area is 108 Å². The molecule has 2 heterocycles. The molecule has 0 aliphatic rings. The molecular formula is C12H13NO4S.